The molecule has 0 spiro atoms. The first kappa shape index (κ1) is 15.2. The lowest BCUT2D eigenvalue weighted by molar-refractivity contribution is 0.0673. The summed E-state index contributed by atoms with van der Waals surface area (Å²) in [6, 6.07) is 7.84. The van der Waals surface area contributed by atoms with E-state index in [0.29, 0.717) is 5.92 Å². The van der Waals surface area contributed by atoms with Crippen molar-refractivity contribution in [1.82, 2.24) is 4.90 Å². The van der Waals surface area contributed by atoms with Gasteiger partial charge < -0.3 is 5.11 Å². The Balaban J connectivity index is 2.03. The second-order valence-electron chi connectivity index (χ2n) is 5.78. The topological polar surface area (TPSA) is 40.5 Å². The minimum atomic E-state index is -0.100. The molecule has 1 aliphatic heterocycles. The number of aliphatic hydroxyl groups excluding tert-OH is 1. The first-order valence-corrected chi connectivity index (χ1v) is 7.63. The number of rotatable bonds is 5. The van der Waals surface area contributed by atoms with Crippen LogP contribution in [0.3, 0.4) is 0 Å². The summed E-state index contributed by atoms with van der Waals surface area (Å²) in [7, 11) is 0. The summed E-state index contributed by atoms with van der Waals surface area (Å²) in [6.07, 6.45) is 3.13. The molecule has 0 amide bonds. The lowest BCUT2D eigenvalue weighted by Crippen LogP contribution is -2.45. The van der Waals surface area contributed by atoms with Gasteiger partial charge in [0.05, 0.1) is 6.04 Å². The van der Waals surface area contributed by atoms with Crippen LogP contribution in [-0.4, -0.2) is 41.5 Å². The van der Waals surface area contributed by atoms with Gasteiger partial charge in [0.25, 0.3) is 0 Å². The Labute approximate surface area is 121 Å². The number of hydrogen-bond donors (Lipinski definition) is 1. The molecule has 2 atom stereocenters. The van der Waals surface area contributed by atoms with Crippen LogP contribution in [0.4, 0.5) is 0 Å². The summed E-state index contributed by atoms with van der Waals surface area (Å²) in [5.74, 6) is 0.507. The molecule has 0 aliphatic carbocycles. The van der Waals surface area contributed by atoms with Crippen LogP contribution < -0.4 is 0 Å². The lowest BCUT2D eigenvalue weighted by atomic mass is 9.95. The molecule has 1 fully saturated rings. The Morgan fingerprint density at radius 1 is 1.40 bits per heavy atom. The number of ketones is 1. The van der Waals surface area contributed by atoms with Gasteiger partial charge in [-0.1, -0.05) is 31.2 Å². The highest BCUT2D eigenvalue weighted by molar-refractivity contribution is 5.99. The van der Waals surface area contributed by atoms with Crippen LogP contribution >= 0.6 is 0 Å². The van der Waals surface area contributed by atoms with Crippen LogP contribution in [0.15, 0.2) is 24.3 Å². The van der Waals surface area contributed by atoms with E-state index >= 15 is 0 Å². The highest BCUT2D eigenvalue weighted by Crippen LogP contribution is 2.20. The van der Waals surface area contributed by atoms with Crippen LogP contribution in [-0.2, 0) is 6.42 Å². The molecule has 2 rings (SSSR count). The van der Waals surface area contributed by atoms with Crippen LogP contribution in [0.1, 0.15) is 42.6 Å². The van der Waals surface area contributed by atoms with Crippen LogP contribution in [0, 0.1) is 5.92 Å². The Morgan fingerprint density at radius 2 is 2.10 bits per heavy atom. The van der Waals surface area contributed by atoms with Gasteiger partial charge in [0.15, 0.2) is 5.78 Å². The summed E-state index contributed by atoms with van der Waals surface area (Å²) < 4.78 is 0. The Kier molecular flexibility index (Phi) is 5.32. The number of piperidine rings is 1. The maximum absolute atomic E-state index is 12.5. The number of carbonyl (C=O) groups is 1. The van der Waals surface area contributed by atoms with Gasteiger partial charge in [-0.2, -0.15) is 0 Å². The fourth-order valence-corrected chi connectivity index (χ4v) is 2.91. The highest BCUT2D eigenvalue weighted by atomic mass is 16.3. The van der Waals surface area contributed by atoms with Crippen molar-refractivity contribution in [2.75, 3.05) is 19.7 Å². The quantitative estimate of drug-likeness (QED) is 0.840. The normalized spacial score (nSPS) is 21.6. The van der Waals surface area contributed by atoms with Crippen molar-refractivity contribution in [3.63, 3.8) is 0 Å². The van der Waals surface area contributed by atoms with E-state index in [1.165, 1.54) is 5.56 Å². The van der Waals surface area contributed by atoms with Gasteiger partial charge in [-0.3, -0.25) is 9.69 Å². The average molecular weight is 275 g/mol. The average Bonchev–Trinajstić information content (AvgIpc) is 2.53. The minimum absolute atomic E-state index is 0.100. The second kappa shape index (κ2) is 7.00. The van der Waals surface area contributed by atoms with Gasteiger partial charge in [0.2, 0.25) is 0 Å². The van der Waals surface area contributed by atoms with E-state index < -0.39 is 0 Å². The predicted molar refractivity (Wildman–Crippen MR) is 81.0 cm³/mol. The molecule has 0 aromatic heterocycles. The van der Waals surface area contributed by atoms with Crippen molar-refractivity contribution in [3.05, 3.63) is 35.4 Å². The molecule has 20 heavy (non-hydrogen) atoms. The van der Waals surface area contributed by atoms with Crippen molar-refractivity contribution in [2.24, 2.45) is 5.92 Å². The number of nitrogens with zero attached hydrogens (tertiary/aromatic N) is 1. The molecule has 0 saturated carbocycles. The largest absolute Gasteiger partial charge is 0.396 e. The fourth-order valence-electron chi connectivity index (χ4n) is 2.91. The third-order valence-electron chi connectivity index (χ3n) is 4.38. The molecule has 110 valence electrons. The zero-order chi connectivity index (χ0) is 14.5. The molecule has 0 radical (unpaired) electrons. The molecule has 3 nitrogen and oxygen atoms in total. The predicted octanol–water partition coefficient (Wildman–Crippen LogP) is 2.52. The maximum Gasteiger partial charge on any atom is 0.179 e. The molecule has 0 bridgehead atoms. The number of benzene rings is 1. The van der Waals surface area contributed by atoms with Crippen LogP contribution in [0.25, 0.3) is 0 Å². The first-order valence-electron chi connectivity index (χ1n) is 7.63. The molecule has 1 N–H and O–H groups in total. The third kappa shape index (κ3) is 3.47. The molecule has 2 unspecified atom stereocenters. The smallest absolute Gasteiger partial charge is 0.179 e. The van der Waals surface area contributed by atoms with Crippen molar-refractivity contribution in [1.29, 1.82) is 0 Å². The van der Waals surface area contributed by atoms with Gasteiger partial charge in [-0.25, -0.2) is 0 Å². The van der Waals surface area contributed by atoms with Gasteiger partial charge in [-0.15, -0.1) is 0 Å². The standard InChI is InChI=1S/C17H25NO2/c1-3-14-6-8-16(9-7-14)17(20)13(2)18-10-4-5-15(11-18)12-19/h6-9,13,15,19H,3-5,10-12H2,1-2H3. The Hall–Kier alpha value is -1.19. The number of likely N-dealkylation sites (tertiary alicyclic amines) is 1. The van der Waals surface area contributed by atoms with E-state index in [1.807, 2.05) is 31.2 Å². The summed E-state index contributed by atoms with van der Waals surface area (Å²) >= 11 is 0. The van der Waals surface area contributed by atoms with Crippen molar-refractivity contribution in [3.8, 4) is 0 Å². The number of aryl methyl sites for hydroxylation is 1. The van der Waals surface area contributed by atoms with E-state index in [1.54, 1.807) is 0 Å². The number of Topliss-reactive ketones (excluding diaryl/α,β-unsaturated/α-hetero) is 1. The number of aliphatic hydroxyl groups is 1. The van der Waals surface area contributed by atoms with Crippen molar-refractivity contribution >= 4 is 5.78 Å². The highest BCUT2D eigenvalue weighted by Gasteiger charge is 2.27. The number of hydrogen-bond acceptors (Lipinski definition) is 3. The second-order valence-corrected chi connectivity index (χ2v) is 5.78. The summed E-state index contributed by atoms with van der Waals surface area (Å²) in [4.78, 5) is 14.7. The lowest BCUT2D eigenvalue weighted by Gasteiger charge is -2.35. The van der Waals surface area contributed by atoms with Gasteiger partial charge in [-0.05, 0) is 44.2 Å². The number of carbonyl (C=O) groups excluding carboxylic acids is 1. The zero-order valence-corrected chi connectivity index (χ0v) is 12.5. The molecule has 1 saturated heterocycles. The van der Waals surface area contributed by atoms with E-state index in [0.717, 1.165) is 37.9 Å². The van der Waals surface area contributed by atoms with Gasteiger partial charge >= 0.3 is 0 Å². The molecule has 1 aliphatic rings. The minimum Gasteiger partial charge on any atom is -0.396 e. The van der Waals surface area contributed by atoms with E-state index in [4.69, 9.17) is 0 Å². The van der Waals surface area contributed by atoms with Crippen LogP contribution in [0.5, 0.6) is 0 Å². The SMILES string of the molecule is CCc1ccc(C(=O)C(C)N2CCCC(CO)C2)cc1. The third-order valence-corrected chi connectivity index (χ3v) is 4.38. The molecular weight excluding hydrogens is 250 g/mol. The summed E-state index contributed by atoms with van der Waals surface area (Å²) in [5, 5.41) is 9.29. The van der Waals surface area contributed by atoms with Crippen molar-refractivity contribution < 1.29 is 9.90 Å². The summed E-state index contributed by atoms with van der Waals surface area (Å²) in [5.41, 5.74) is 2.05. The van der Waals surface area contributed by atoms with Crippen LogP contribution in [0.2, 0.25) is 0 Å². The van der Waals surface area contributed by atoms with Crippen molar-refractivity contribution in [2.45, 2.75) is 39.2 Å². The van der Waals surface area contributed by atoms with E-state index in [2.05, 4.69) is 11.8 Å². The zero-order valence-electron chi connectivity index (χ0n) is 12.5. The first-order chi connectivity index (χ1) is 9.65. The van der Waals surface area contributed by atoms with Gasteiger partial charge in [0, 0.05) is 18.7 Å². The van der Waals surface area contributed by atoms with E-state index in [9.17, 15) is 9.90 Å². The Bertz CT molecular complexity index is 441. The fraction of sp³-hybridized carbons (Fsp3) is 0.588. The maximum atomic E-state index is 12.5. The molecule has 1 aromatic rings. The molecule has 1 heterocycles. The van der Waals surface area contributed by atoms with E-state index in [-0.39, 0.29) is 18.4 Å². The molecule has 3 heteroatoms. The summed E-state index contributed by atoms with van der Waals surface area (Å²) in [6.45, 7) is 6.10. The molecule has 1 aromatic carbocycles. The molecular formula is C17H25NO2. The Morgan fingerprint density at radius 3 is 2.70 bits per heavy atom. The monoisotopic (exact) mass is 275 g/mol. The van der Waals surface area contributed by atoms with Gasteiger partial charge in [0.1, 0.15) is 0 Å².